The minimum absolute atomic E-state index is 0.0386. The van der Waals surface area contributed by atoms with Gasteiger partial charge in [0.2, 0.25) is 0 Å². The maximum absolute atomic E-state index is 13.1. The Labute approximate surface area is 198 Å². The van der Waals surface area contributed by atoms with Gasteiger partial charge >= 0.3 is 12.1 Å². The van der Waals surface area contributed by atoms with E-state index in [-0.39, 0.29) is 11.4 Å². The zero-order chi connectivity index (χ0) is 24.2. The van der Waals surface area contributed by atoms with Crippen molar-refractivity contribution < 1.29 is 22.7 Å². The van der Waals surface area contributed by atoms with Crippen LogP contribution in [-0.2, 0) is 17.3 Å². The minimum Gasteiger partial charge on any atom is -0.465 e. The van der Waals surface area contributed by atoms with Crippen molar-refractivity contribution in [1.29, 1.82) is 0 Å². The molecule has 0 unspecified atom stereocenters. The molecule has 0 aliphatic rings. The van der Waals surface area contributed by atoms with E-state index in [2.05, 4.69) is 33.9 Å². The van der Waals surface area contributed by atoms with Crippen molar-refractivity contribution in [3.05, 3.63) is 53.3 Å². The summed E-state index contributed by atoms with van der Waals surface area (Å²) in [6.07, 6.45) is -0.252. The monoisotopic (exact) mass is 495 g/mol. The summed E-state index contributed by atoms with van der Waals surface area (Å²) in [5.41, 5.74) is 0.558. The van der Waals surface area contributed by atoms with Gasteiger partial charge in [-0.15, -0.1) is 11.8 Å². The van der Waals surface area contributed by atoms with Crippen LogP contribution in [0.25, 0.3) is 10.4 Å². The molecule has 10 heteroatoms. The van der Waals surface area contributed by atoms with Gasteiger partial charge in [0.25, 0.3) is 0 Å². The molecule has 3 rings (SSSR count). The van der Waals surface area contributed by atoms with E-state index in [1.54, 1.807) is 11.8 Å². The van der Waals surface area contributed by atoms with Gasteiger partial charge in [-0.3, -0.25) is 0 Å². The number of hydrogen-bond donors (Lipinski definition) is 1. The first-order chi connectivity index (χ1) is 15.6. The van der Waals surface area contributed by atoms with Gasteiger partial charge in [0.15, 0.2) is 5.13 Å². The molecule has 33 heavy (non-hydrogen) atoms. The second kappa shape index (κ2) is 10.6. The molecule has 5 nitrogen and oxygen atoms in total. The molecule has 176 valence electrons. The summed E-state index contributed by atoms with van der Waals surface area (Å²) in [5, 5.41) is 3.37. The van der Waals surface area contributed by atoms with Crippen LogP contribution in [0.15, 0.2) is 41.4 Å². The molecule has 2 heterocycles. The van der Waals surface area contributed by atoms with Gasteiger partial charge in [0.05, 0.1) is 23.2 Å². The molecule has 0 saturated carbocycles. The van der Waals surface area contributed by atoms with Crippen LogP contribution in [-0.4, -0.2) is 29.3 Å². The number of methoxy groups -OCH3 is 1. The average Bonchev–Trinajstić information content (AvgIpc) is 3.19. The zero-order valence-electron chi connectivity index (χ0n) is 18.6. The topological polar surface area (TPSA) is 64.1 Å². The van der Waals surface area contributed by atoms with E-state index < -0.39 is 17.7 Å². The van der Waals surface area contributed by atoms with Gasteiger partial charge in [-0.05, 0) is 48.8 Å². The fraction of sp³-hybridized carbons (Fsp3) is 0.348. The second-order valence-corrected chi connectivity index (χ2v) is 9.57. The number of thioether (sulfide) groups is 1. The predicted octanol–water partition coefficient (Wildman–Crippen LogP) is 7.06. The second-order valence-electron chi connectivity index (χ2n) is 7.69. The molecular weight excluding hydrogens is 471 g/mol. The Morgan fingerprint density at radius 3 is 2.52 bits per heavy atom. The molecule has 0 bridgehead atoms. The van der Waals surface area contributed by atoms with Crippen LogP contribution in [0.3, 0.4) is 0 Å². The summed E-state index contributed by atoms with van der Waals surface area (Å²) in [7, 11) is 1.11. The zero-order valence-corrected chi connectivity index (χ0v) is 20.2. The third kappa shape index (κ3) is 6.26. The molecule has 0 radical (unpaired) electrons. The van der Waals surface area contributed by atoms with Gasteiger partial charge < -0.3 is 10.1 Å². The molecule has 3 aromatic rings. The van der Waals surface area contributed by atoms with Crippen LogP contribution in [0.2, 0.25) is 0 Å². The number of nitrogens with one attached hydrogen (secondary N) is 1. The Hall–Kier alpha value is -2.59. The molecule has 1 aromatic carbocycles. The number of hydrogen-bond acceptors (Lipinski definition) is 7. The van der Waals surface area contributed by atoms with Crippen molar-refractivity contribution in [3.8, 4) is 10.4 Å². The van der Waals surface area contributed by atoms with E-state index >= 15 is 0 Å². The van der Waals surface area contributed by atoms with E-state index in [1.807, 2.05) is 30.5 Å². The number of esters is 1. The lowest BCUT2D eigenvalue weighted by atomic mass is 10.0. The summed E-state index contributed by atoms with van der Waals surface area (Å²) in [5.74, 6) is -0.471. The number of carbonyl (C=O) groups is 1. The van der Waals surface area contributed by atoms with E-state index in [9.17, 15) is 18.0 Å². The van der Waals surface area contributed by atoms with Gasteiger partial charge in [0.1, 0.15) is 11.4 Å². The standard InChI is InChI=1S/C23H24F3N3O2S2/c1-13(2)5-10-18-19(14-6-8-16(32-4)9-7-14)33-22(28-18)29-20-17(21(30)31-3)11-15(12-27-20)23(24,25)26/h6-9,11-13H,5,10H2,1-4H3,(H,27,28,29). The number of nitrogens with zero attached hydrogens (tertiary/aromatic N) is 2. The largest absolute Gasteiger partial charge is 0.465 e. The molecule has 0 fully saturated rings. The van der Waals surface area contributed by atoms with Crippen LogP contribution >= 0.6 is 23.1 Å². The lowest BCUT2D eigenvalue weighted by molar-refractivity contribution is -0.137. The van der Waals surface area contributed by atoms with Crippen molar-refractivity contribution in [2.24, 2.45) is 5.92 Å². The first kappa shape index (κ1) is 25.0. The van der Waals surface area contributed by atoms with Crippen molar-refractivity contribution >= 4 is 40.0 Å². The van der Waals surface area contributed by atoms with E-state index in [0.29, 0.717) is 17.2 Å². The van der Waals surface area contributed by atoms with E-state index in [0.717, 1.165) is 47.0 Å². The number of anilines is 2. The van der Waals surface area contributed by atoms with Crippen molar-refractivity contribution in [2.45, 2.75) is 37.8 Å². The fourth-order valence-corrected chi connectivity index (χ4v) is 4.48. The number of benzene rings is 1. The molecule has 0 amide bonds. The molecule has 2 aromatic heterocycles. The SMILES string of the molecule is COC(=O)c1cc(C(F)(F)F)cnc1Nc1nc(CCC(C)C)c(-c2ccc(SC)cc2)s1. The first-order valence-electron chi connectivity index (χ1n) is 10.2. The molecule has 0 spiro atoms. The maximum Gasteiger partial charge on any atom is 0.417 e. The van der Waals surface area contributed by atoms with Crippen LogP contribution < -0.4 is 5.32 Å². The minimum atomic E-state index is -4.63. The summed E-state index contributed by atoms with van der Waals surface area (Å²) in [4.78, 5) is 22.8. The highest BCUT2D eigenvalue weighted by atomic mass is 32.2. The lowest BCUT2D eigenvalue weighted by Crippen LogP contribution is -2.12. The third-order valence-electron chi connectivity index (χ3n) is 4.85. The Balaban J connectivity index is 2.00. The van der Waals surface area contributed by atoms with Crippen molar-refractivity contribution in [2.75, 3.05) is 18.7 Å². The number of carbonyl (C=O) groups excluding carboxylic acids is 1. The quantitative estimate of drug-likeness (QED) is 0.266. The van der Waals surface area contributed by atoms with Crippen molar-refractivity contribution in [3.63, 3.8) is 0 Å². The molecule has 1 N–H and O–H groups in total. The van der Waals surface area contributed by atoms with Gasteiger partial charge in [-0.25, -0.2) is 14.8 Å². The number of thiazole rings is 1. The lowest BCUT2D eigenvalue weighted by Gasteiger charge is -2.11. The number of halogens is 3. The molecule has 0 atom stereocenters. The average molecular weight is 496 g/mol. The number of aromatic nitrogens is 2. The van der Waals surface area contributed by atoms with Gasteiger partial charge in [-0.2, -0.15) is 13.2 Å². The smallest absolute Gasteiger partial charge is 0.417 e. The fourth-order valence-electron chi connectivity index (χ4n) is 3.05. The summed E-state index contributed by atoms with van der Waals surface area (Å²) >= 11 is 3.02. The number of aryl methyl sites for hydroxylation is 1. The third-order valence-corrected chi connectivity index (χ3v) is 6.66. The molecule has 0 aliphatic carbocycles. The maximum atomic E-state index is 13.1. The summed E-state index contributed by atoms with van der Waals surface area (Å²) < 4.78 is 44.0. The summed E-state index contributed by atoms with van der Waals surface area (Å²) in [6, 6.07) is 8.85. The molecular formula is C23H24F3N3O2S2. The highest BCUT2D eigenvalue weighted by Crippen LogP contribution is 2.37. The Bertz CT molecular complexity index is 1110. The normalized spacial score (nSPS) is 11.6. The number of ether oxygens (including phenoxy) is 1. The van der Waals surface area contributed by atoms with Crippen LogP contribution in [0.5, 0.6) is 0 Å². The summed E-state index contributed by atoms with van der Waals surface area (Å²) in [6.45, 7) is 4.26. The highest BCUT2D eigenvalue weighted by Gasteiger charge is 2.33. The van der Waals surface area contributed by atoms with Crippen LogP contribution in [0.4, 0.5) is 24.1 Å². The Morgan fingerprint density at radius 2 is 1.94 bits per heavy atom. The Morgan fingerprint density at radius 1 is 1.24 bits per heavy atom. The van der Waals surface area contributed by atoms with Crippen molar-refractivity contribution in [1.82, 2.24) is 9.97 Å². The van der Waals surface area contributed by atoms with E-state index in [4.69, 9.17) is 0 Å². The van der Waals surface area contributed by atoms with Gasteiger partial charge in [0, 0.05) is 11.1 Å². The highest BCUT2D eigenvalue weighted by molar-refractivity contribution is 7.98. The number of pyridine rings is 1. The van der Waals surface area contributed by atoms with E-state index in [1.165, 1.54) is 11.3 Å². The molecule has 0 saturated heterocycles. The number of rotatable bonds is 8. The van der Waals surface area contributed by atoms with Crippen LogP contribution in [0, 0.1) is 5.92 Å². The number of alkyl halides is 3. The Kier molecular flexibility index (Phi) is 8.01. The van der Waals surface area contributed by atoms with Gasteiger partial charge in [-0.1, -0.05) is 37.3 Å². The van der Waals surface area contributed by atoms with Crippen LogP contribution in [0.1, 0.15) is 41.9 Å². The first-order valence-corrected chi connectivity index (χ1v) is 12.2. The predicted molar refractivity (Wildman–Crippen MR) is 126 cm³/mol. The molecule has 0 aliphatic heterocycles.